The number of methoxy groups -OCH3 is 1. The van der Waals surface area contributed by atoms with Crippen LogP contribution in [0.25, 0.3) is 0 Å². The highest BCUT2D eigenvalue weighted by molar-refractivity contribution is 5.95. The lowest BCUT2D eigenvalue weighted by Crippen LogP contribution is -2.39. The molecule has 1 heterocycles. The first-order chi connectivity index (χ1) is 12.4. The molecule has 1 aliphatic heterocycles. The monoisotopic (exact) mass is 368 g/mol. The van der Waals surface area contributed by atoms with Crippen LogP contribution in [0.4, 0.5) is 0 Å². The maximum atomic E-state index is 12.6. The molecule has 1 aromatic rings. The molecule has 0 radical (unpaired) electrons. The lowest BCUT2D eigenvalue weighted by molar-refractivity contribution is -0.136. The van der Waals surface area contributed by atoms with Crippen LogP contribution < -0.4 is 0 Å². The average molecular weight is 368 g/mol. The topological polar surface area (TPSA) is 120 Å². The fourth-order valence-corrected chi connectivity index (χ4v) is 2.67. The van der Waals surface area contributed by atoms with Gasteiger partial charge in [-0.2, -0.15) is 0 Å². The number of phenols is 3. The van der Waals surface area contributed by atoms with E-state index in [4.69, 9.17) is 9.47 Å². The van der Waals surface area contributed by atoms with E-state index in [1.54, 1.807) is 16.9 Å². The molecule has 9 nitrogen and oxygen atoms in total. The molecule has 26 heavy (non-hydrogen) atoms. The lowest BCUT2D eigenvalue weighted by Gasteiger charge is -2.22. The molecule has 0 spiro atoms. The Bertz CT molecular complexity index is 627. The third-order valence-corrected chi connectivity index (χ3v) is 4.11. The van der Waals surface area contributed by atoms with Crippen molar-refractivity contribution in [1.82, 2.24) is 9.80 Å². The van der Waals surface area contributed by atoms with Crippen LogP contribution in [0, 0.1) is 0 Å². The molecule has 1 aromatic carbocycles. The quantitative estimate of drug-likeness (QED) is 0.483. The molecule has 0 atom stereocenters. The lowest BCUT2D eigenvalue weighted by atomic mass is 10.1. The molecule has 9 heteroatoms. The Morgan fingerprint density at radius 2 is 1.62 bits per heavy atom. The highest BCUT2D eigenvalue weighted by Crippen LogP contribution is 2.35. The second kappa shape index (κ2) is 9.25. The van der Waals surface area contributed by atoms with Crippen molar-refractivity contribution in [3.8, 4) is 17.2 Å². The van der Waals surface area contributed by atoms with Crippen molar-refractivity contribution in [1.29, 1.82) is 0 Å². The zero-order chi connectivity index (χ0) is 19.1. The maximum absolute atomic E-state index is 12.6. The Balaban J connectivity index is 1.93. The number of nitrogens with zero attached hydrogens (tertiary/aromatic N) is 2. The van der Waals surface area contributed by atoms with Gasteiger partial charge < -0.3 is 34.6 Å². The van der Waals surface area contributed by atoms with Gasteiger partial charge in [-0.1, -0.05) is 0 Å². The molecule has 1 saturated heterocycles. The van der Waals surface area contributed by atoms with E-state index in [0.717, 1.165) is 12.1 Å². The van der Waals surface area contributed by atoms with Crippen LogP contribution in [0.2, 0.25) is 0 Å². The smallest absolute Gasteiger partial charge is 0.254 e. The summed E-state index contributed by atoms with van der Waals surface area (Å²) in [5.41, 5.74) is 0.0699. The number of aromatic hydroxyl groups is 3. The molecule has 144 valence electrons. The van der Waals surface area contributed by atoms with Gasteiger partial charge in [-0.25, -0.2) is 0 Å². The first-order valence-electron chi connectivity index (χ1n) is 8.32. The van der Waals surface area contributed by atoms with E-state index in [0.29, 0.717) is 45.8 Å². The minimum atomic E-state index is -0.664. The van der Waals surface area contributed by atoms with Crippen LogP contribution in [0.3, 0.4) is 0 Å². The number of amides is 2. The van der Waals surface area contributed by atoms with Gasteiger partial charge in [0.2, 0.25) is 5.91 Å². The van der Waals surface area contributed by atoms with Gasteiger partial charge in [-0.05, 0) is 18.6 Å². The second-order valence-corrected chi connectivity index (χ2v) is 5.94. The molecule has 1 fully saturated rings. The fourth-order valence-electron chi connectivity index (χ4n) is 2.67. The van der Waals surface area contributed by atoms with Crippen molar-refractivity contribution in [2.24, 2.45) is 0 Å². The van der Waals surface area contributed by atoms with Gasteiger partial charge in [-0.15, -0.1) is 0 Å². The Morgan fingerprint density at radius 1 is 1.00 bits per heavy atom. The number of hydrogen-bond donors (Lipinski definition) is 3. The van der Waals surface area contributed by atoms with Crippen molar-refractivity contribution in [2.45, 2.75) is 6.42 Å². The van der Waals surface area contributed by atoms with Crippen LogP contribution in [-0.2, 0) is 14.3 Å². The molecule has 2 amide bonds. The van der Waals surface area contributed by atoms with E-state index in [-0.39, 0.29) is 24.0 Å². The minimum absolute atomic E-state index is 0.0307. The van der Waals surface area contributed by atoms with Gasteiger partial charge in [0.1, 0.15) is 6.61 Å². The summed E-state index contributed by atoms with van der Waals surface area (Å²) >= 11 is 0. The number of carbonyl (C=O) groups excluding carboxylic acids is 2. The van der Waals surface area contributed by atoms with E-state index in [2.05, 4.69) is 0 Å². The van der Waals surface area contributed by atoms with Crippen LogP contribution >= 0.6 is 0 Å². The van der Waals surface area contributed by atoms with Crippen molar-refractivity contribution in [3.63, 3.8) is 0 Å². The molecular formula is C17H24N2O7. The van der Waals surface area contributed by atoms with Gasteiger partial charge in [-0.3, -0.25) is 9.59 Å². The van der Waals surface area contributed by atoms with Crippen molar-refractivity contribution < 1.29 is 34.4 Å². The predicted molar refractivity (Wildman–Crippen MR) is 91.2 cm³/mol. The van der Waals surface area contributed by atoms with Crippen LogP contribution in [0.5, 0.6) is 17.2 Å². The second-order valence-electron chi connectivity index (χ2n) is 5.94. The normalized spacial score (nSPS) is 15.0. The predicted octanol–water partition coefficient (Wildman–Crippen LogP) is 0.141. The Labute approximate surface area is 151 Å². The number of ether oxygens (including phenoxy) is 2. The Kier molecular flexibility index (Phi) is 7.05. The summed E-state index contributed by atoms with van der Waals surface area (Å²) in [5.74, 6) is -2.32. The average Bonchev–Trinajstić information content (AvgIpc) is 2.88. The maximum Gasteiger partial charge on any atom is 0.254 e. The Morgan fingerprint density at radius 3 is 2.27 bits per heavy atom. The first kappa shape index (κ1) is 19.8. The third kappa shape index (κ3) is 4.99. The first-order valence-corrected chi connectivity index (χ1v) is 8.32. The molecular weight excluding hydrogens is 344 g/mol. The highest BCUT2D eigenvalue weighted by Gasteiger charge is 2.24. The van der Waals surface area contributed by atoms with Crippen molar-refractivity contribution in [3.05, 3.63) is 17.7 Å². The molecule has 0 aromatic heterocycles. The van der Waals surface area contributed by atoms with E-state index < -0.39 is 17.2 Å². The number of hydrogen-bond acceptors (Lipinski definition) is 7. The molecule has 1 aliphatic rings. The molecule has 2 rings (SSSR count). The van der Waals surface area contributed by atoms with Crippen LogP contribution in [0.1, 0.15) is 16.8 Å². The third-order valence-electron chi connectivity index (χ3n) is 4.11. The summed E-state index contributed by atoms with van der Waals surface area (Å²) in [4.78, 5) is 27.9. The number of rotatable bonds is 6. The van der Waals surface area contributed by atoms with E-state index >= 15 is 0 Å². The van der Waals surface area contributed by atoms with E-state index in [9.17, 15) is 24.9 Å². The summed E-state index contributed by atoms with van der Waals surface area (Å²) < 4.78 is 10.1. The van der Waals surface area contributed by atoms with E-state index in [1.165, 1.54) is 0 Å². The largest absolute Gasteiger partial charge is 0.504 e. The van der Waals surface area contributed by atoms with Crippen molar-refractivity contribution >= 4 is 11.8 Å². The summed E-state index contributed by atoms with van der Waals surface area (Å²) in [6, 6.07) is 2.21. The zero-order valence-electron chi connectivity index (χ0n) is 14.7. The van der Waals surface area contributed by atoms with Gasteiger partial charge in [0.05, 0.1) is 13.2 Å². The highest BCUT2D eigenvalue weighted by atomic mass is 16.5. The fraction of sp³-hybridized carbons (Fsp3) is 0.529. The van der Waals surface area contributed by atoms with Gasteiger partial charge in [0.25, 0.3) is 5.91 Å². The molecule has 0 unspecified atom stereocenters. The van der Waals surface area contributed by atoms with Crippen molar-refractivity contribution in [2.75, 3.05) is 53.1 Å². The standard InChI is InChI=1S/C17H24N2O7/c1-25-7-8-26-11-15(22)18-3-2-4-19(6-5-18)17(24)12-9-13(20)16(23)14(21)10-12/h9-10,20-21,23H,2-8,11H2,1H3. The van der Waals surface area contributed by atoms with Crippen LogP contribution in [-0.4, -0.2) is 90.0 Å². The molecule has 3 N–H and O–H groups in total. The summed E-state index contributed by atoms with van der Waals surface area (Å²) in [7, 11) is 1.55. The molecule has 0 saturated carbocycles. The summed E-state index contributed by atoms with van der Waals surface area (Å²) in [6.45, 7) is 2.38. The summed E-state index contributed by atoms with van der Waals surface area (Å²) in [5, 5.41) is 28.5. The SMILES string of the molecule is COCCOCC(=O)N1CCCN(C(=O)c2cc(O)c(O)c(O)c2)CC1. The molecule has 0 aliphatic carbocycles. The van der Waals surface area contributed by atoms with Gasteiger partial charge in [0, 0.05) is 38.9 Å². The molecule has 0 bridgehead atoms. The number of phenolic OH excluding ortho intramolecular Hbond substituents is 3. The van der Waals surface area contributed by atoms with E-state index in [1.807, 2.05) is 0 Å². The van der Waals surface area contributed by atoms with Gasteiger partial charge >= 0.3 is 0 Å². The minimum Gasteiger partial charge on any atom is -0.504 e. The van der Waals surface area contributed by atoms with Crippen LogP contribution in [0.15, 0.2) is 12.1 Å². The summed E-state index contributed by atoms with van der Waals surface area (Å²) in [6.07, 6.45) is 0.603. The van der Waals surface area contributed by atoms with Gasteiger partial charge in [0.15, 0.2) is 17.2 Å². The Hall–Kier alpha value is -2.52. The number of benzene rings is 1. The number of carbonyl (C=O) groups is 2. The zero-order valence-corrected chi connectivity index (χ0v) is 14.7.